The number of hydrogen-bond donors (Lipinski definition) is 2. The quantitative estimate of drug-likeness (QED) is 0.890. The molecular weight excluding hydrogens is 268 g/mol. The summed E-state index contributed by atoms with van der Waals surface area (Å²) in [5.74, 6) is 1.15. The first-order valence-corrected chi connectivity index (χ1v) is 7.18. The van der Waals surface area contributed by atoms with E-state index in [1.807, 2.05) is 30.3 Å². The Morgan fingerprint density at radius 2 is 1.76 bits per heavy atom. The van der Waals surface area contributed by atoms with Crippen LogP contribution in [-0.2, 0) is 25.7 Å². The Kier molecular flexibility index (Phi) is 3.90. The minimum Gasteiger partial charge on any atom is -0.465 e. The van der Waals surface area contributed by atoms with Gasteiger partial charge in [-0.15, -0.1) is 0 Å². The van der Waals surface area contributed by atoms with Gasteiger partial charge in [0.15, 0.2) is 5.43 Å². The van der Waals surface area contributed by atoms with Crippen molar-refractivity contribution < 1.29 is 14.6 Å². The Morgan fingerprint density at radius 3 is 2.52 bits per heavy atom. The van der Waals surface area contributed by atoms with Crippen LogP contribution in [0.3, 0.4) is 0 Å². The van der Waals surface area contributed by atoms with E-state index in [2.05, 4.69) is 0 Å². The molecule has 1 aromatic carbocycles. The molecule has 110 valence electrons. The summed E-state index contributed by atoms with van der Waals surface area (Å²) in [7, 11) is 0. The van der Waals surface area contributed by atoms with Gasteiger partial charge in [0.05, 0.1) is 12.2 Å². The molecule has 1 aliphatic carbocycles. The highest BCUT2D eigenvalue weighted by Crippen LogP contribution is 2.21. The van der Waals surface area contributed by atoms with Gasteiger partial charge in [-0.3, -0.25) is 4.79 Å². The van der Waals surface area contributed by atoms with Crippen LogP contribution in [0.1, 0.15) is 22.6 Å². The Bertz CT molecular complexity index is 675. The fourth-order valence-corrected chi connectivity index (χ4v) is 2.71. The summed E-state index contributed by atoms with van der Waals surface area (Å²) >= 11 is 0. The van der Waals surface area contributed by atoms with E-state index >= 15 is 0 Å². The van der Waals surface area contributed by atoms with Crippen molar-refractivity contribution in [2.45, 2.75) is 37.9 Å². The molecule has 0 aliphatic heterocycles. The minimum absolute atomic E-state index is 0.106. The topological polar surface area (TPSA) is 70.7 Å². The van der Waals surface area contributed by atoms with E-state index in [9.17, 15) is 15.0 Å². The smallest absolute Gasteiger partial charge is 0.188 e. The second-order valence-electron chi connectivity index (χ2n) is 5.51. The summed E-state index contributed by atoms with van der Waals surface area (Å²) in [6.45, 7) is 0. The second-order valence-corrected chi connectivity index (χ2v) is 5.51. The van der Waals surface area contributed by atoms with E-state index in [4.69, 9.17) is 4.42 Å². The molecule has 4 nitrogen and oxygen atoms in total. The molecule has 1 aliphatic rings. The summed E-state index contributed by atoms with van der Waals surface area (Å²) in [6.07, 6.45) is 0.0716. The van der Waals surface area contributed by atoms with Gasteiger partial charge >= 0.3 is 0 Å². The summed E-state index contributed by atoms with van der Waals surface area (Å²) in [5.41, 5.74) is 1.58. The number of hydrogen-bond acceptors (Lipinski definition) is 4. The van der Waals surface area contributed by atoms with Crippen molar-refractivity contribution in [1.29, 1.82) is 0 Å². The highest BCUT2D eigenvalue weighted by molar-refractivity contribution is 5.25. The van der Waals surface area contributed by atoms with Crippen LogP contribution in [0.5, 0.6) is 0 Å². The van der Waals surface area contributed by atoms with Gasteiger partial charge in [-0.2, -0.15) is 0 Å². The molecule has 0 bridgehead atoms. The van der Waals surface area contributed by atoms with Crippen molar-refractivity contribution in [2.75, 3.05) is 0 Å². The molecule has 0 saturated carbocycles. The maximum absolute atomic E-state index is 12.1. The first-order chi connectivity index (χ1) is 10.1. The molecule has 1 heterocycles. The molecule has 1 aromatic heterocycles. The number of aliphatic hydroxyl groups is 2. The molecule has 3 rings (SSSR count). The van der Waals surface area contributed by atoms with E-state index in [1.54, 1.807) is 0 Å². The lowest BCUT2D eigenvalue weighted by molar-refractivity contribution is 0.00851. The molecule has 21 heavy (non-hydrogen) atoms. The average molecular weight is 286 g/mol. The number of benzene rings is 1. The third-order valence-electron chi connectivity index (χ3n) is 3.94. The Balaban J connectivity index is 1.80. The highest BCUT2D eigenvalue weighted by Gasteiger charge is 2.28. The Labute approximate surface area is 122 Å². The fourth-order valence-electron chi connectivity index (χ4n) is 2.71. The Hall–Kier alpha value is -1.91. The fraction of sp³-hybridized carbons (Fsp3) is 0.353. The van der Waals surface area contributed by atoms with Gasteiger partial charge in [0.25, 0.3) is 0 Å². The zero-order valence-electron chi connectivity index (χ0n) is 11.7. The third kappa shape index (κ3) is 3.06. The standard InChI is InChI=1S/C17H18O4/c18-14-8-12(7-6-11-4-2-1-3-5-11)21-17-10-16(20)15(19)9-13(14)17/h1-5,8,15-16,19-20H,6-7,9-10H2/t15-,16+/m1/s1. The first kappa shape index (κ1) is 14.0. The summed E-state index contributed by atoms with van der Waals surface area (Å²) in [4.78, 5) is 12.1. The van der Waals surface area contributed by atoms with Gasteiger partial charge < -0.3 is 14.6 Å². The van der Waals surface area contributed by atoms with Crippen molar-refractivity contribution in [3.63, 3.8) is 0 Å². The molecular formula is C17H18O4. The van der Waals surface area contributed by atoms with Crippen molar-refractivity contribution in [2.24, 2.45) is 0 Å². The largest absolute Gasteiger partial charge is 0.465 e. The van der Waals surface area contributed by atoms with Gasteiger partial charge in [-0.25, -0.2) is 0 Å². The maximum atomic E-state index is 12.1. The van der Waals surface area contributed by atoms with E-state index in [-0.39, 0.29) is 18.3 Å². The molecule has 0 amide bonds. The van der Waals surface area contributed by atoms with E-state index in [0.717, 1.165) is 6.42 Å². The SMILES string of the molecule is O=c1cc(CCc2ccccc2)oc2c1C[C@@H](O)[C@@H](O)C2. The number of rotatable bonds is 3. The number of fused-ring (bicyclic) bond motifs is 1. The van der Waals surface area contributed by atoms with Crippen LogP contribution < -0.4 is 5.43 Å². The summed E-state index contributed by atoms with van der Waals surface area (Å²) < 4.78 is 5.75. The van der Waals surface area contributed by atoms with E-state index in [0.29, 0.717) is 23.5 Å². The predicted molar refractivity (Wildman–Crippen MR) is 78.2 cm³/mol. The van der Waals surface area contributed by atoms with Crippen molar-refractivity contribution in [3.05, 3.63) is 69.3 Å². The van der Waals surface area contributed by atoms with Crippen molar-refractivity contribution >= 4 is 0 Å². The molecule has 2 aromatic rings. The van der Waals surface area contributed by atoms with E-state index < -0.39 is 12.2 Å². The predicted octanol–water partition coefficient (Wildman–Crippen LogP) is 1.25. The zero-order chi connectivity index (χ0) is 14.8. The van der Waals surface area contributed by atoms with E-state index in [1.165, 1.54) is 11.6 Å². The lowest BCUT2D eigenvalue weighted by atomic mass is 9.92. The van der Waals surface area contributed by atoms with Gasteiger partial charge in [-0.05, 0) is 12.0 Å². The summed E-state index contributed by atoms with van der Waals surface area (Å²) in [6, 6.07) is 11.5. The van der Waals surface area contributed by atoms with Gasteiger partial charge in [0, 0.05) is 30.9 Å². The molecule has 0 spiro atoms. The van der Waals surface area contributed by atoms with Crippen LogP contribution in [0, 0.1) is 0 Å². The Morgan fingerprint density at radius 1 is 1.05 bits per heavy atom. The average Bonchev–Trinajstić information content (AvgIpc) is 2.48. The maximum Gasteiger partial charge on any atom is 0.188 e. The number of aliphatic hydroxyl groups excluding tert-OH is 2. The van der Waals surface area contributed by atoms with Gasteiger partial charge in [0.2, 0.25) is 0 Å². The lowest BCUT2D eigenvalue weighted by Crippen LogP contribution is -2.37. The molecule has 4 heteroatoms. The van der Waals surface area contributed by atoms with Crippen LogP contribution in [0.25, 0.3) is 0 Å². The third-order valence-corrected chi connectivity index (χ3v) is 3.94. The normalized spacial score (nSPS) is 21.0. The second kappa shape index (κ2) is 5.84. The van der Waals surface area contributed by atoms with Gasteiger partial charge in [0.1, 0.15) is 11.5 Å². The van der Waals surface area contributed by atoms with Crippen LogP contribution in [-0.4, -0.2) is 22.4 Å². The van der Waals surface area contributed by atoms with Gasteiger partial charge in [-0.1, -0.05) is 30.3 Å². The highest BCUT2D eigenvalue weighted by atomic mass is 16.4. The monoisotopic (exact) mass is 286 g/mol. The number of aryl methyl sites for hydroxylation is 2. The van der Waals surface area contributed by atoms with Crippen LogP contribution >= 0.6 is 0 Å². The lowest BCUT2D eigenvalue weighted by Gasteiger charge is -2.24. The first-order valence-electron chi connectivity index (χ1n) is 7.18. The minimum atomic E-state index is -0.879. The molecule has 0 saturated heterocycles. The molecule has 2 N–H and O–H groups in total. The molecule has 0 radical (unpaired) electrons. The van der Waals surface area contributed by atoms with Crippen LogP contribution in [0.2, 0.25) is 0 Å². The van der Waals surface area contributed by atoms with Crippen molar-refractivity contribution in [3.8, 4) is 0 Å². The molecule has 2 atom stereocenters. The molecule has 0 fully saturated rings. The van der Waals surface area contributed by atoms with Crippen molar-refractivity contribution in [1.82, 2.24) is 0 Å². The van der Waals surface area contributed by atoms with Crippen LogP contribution in [0.4, 0.5) is 0 Å². The molecule has 0 unspecified atom stereocenters. The van der Waals surface area contributed by atoms with Crippen LogP contribution in [0.15, 0.2) is 45.6 Å². The zero-order valence-corrected chi connectivity index (χ0v) is 11.7. The summed E-state index contributed by atoms with van der Waals surface area (Å²) in [5, 5.41) is 19.3.